The maximum absolute atomic E-state index is 12.4. The molecule has 2 N–H and O–H groups in total. The van der Waals surface area contributed by atoms with Gasteiger partial charge in [-0.3, -0.25) is 4.79 Å². The van der Waals surface area contributed by atoms with Crippen LogP contribution in [0.4, 0.5) is 0 Å². The second-order valence-electron chi connectivity index (χ2n) is 5.87. The fourth-order valence-corrected chi connectivity index (χ4v) is 3.15. The molecule has 1 aliphatic carbocycles. The van der Waals surface area contributed by atoms with Crippen molar-refractivity contribution in [1.82, 2.24) is 9.88 Å². The number of carbonyl (C=O) groups excluding carboxylic acids is 1. The molecule has 5 heteroatoms. The van der Waals surface area contributed by atoms with Crippen molar-refractivity contribution in [3.63, 3.8) is 0 Å². The summed E-state index contributed by atoms with van der Waals surface area (Å²) in [6.45, 7) is 4.77. The summed E-state index contributed by atoms with van der Waals surface area (Å²) in [5.41, 5.74) is -0.582. The number of hydrogen-bond acceptors (Lipinski definition) is 2. The van der Waals surface area contributed by atoms with Crippen LogP contribution < -0.4 is 5.32 Å². The summed E-state index contributed by atoms with van der Waals surface area (Å²) in [6, 6.07) is 3.53. The topological polar surface area (TPSA) is 71.3 Å². The smallest absolute Gasteiger partial charge is 0.329 e. The zero-order valence-corrected chi connectivity index (χ0v) is 12.8. The first-order valence-corrected chi connectivity index (χ1v) is 7.73. The summed E-state index contributed by atoms with van der Waals surface area (Å²) in [5.74, 6) is -0.631. The average molecular weight is 292 g/mol. The third-order valence-corrected chi connectivity index (χ3v) is 4.70. The number of carboxylic acid groups (broad SMARTS) is 1. The third-order valence-electron chi connectivity index (χ3n) is 4.70. The summed E-state index contributed by atoms with van der Waals surface area (Å²) in [6.07, 6.45) is 5.65. The number of hydrogen-bond donors (Lipinski definition) is 2. The lowest BCUT2D eigenvalue weighted by molar-refractivity contribution is -0.146. The van der Waals surface area contributed by atoms with Crippen molar-refractivity contribution in [3.8, 4) is 0 Å². The van der Waals surface area contributed by atoms with Gasteiger partial charge in [0.05, 0.1) is 0 Å². The van der Waals surface area contributed by atoms with E-state index in [0.717, 1.165) is 19.3 Å². The van der Waals surface area contributed by atoms with Gasteiger partial charge in [-0.15, -0.1) is 0 Å². The Balaban J connectivity index is 2.14. The van der Waals surface area contributed by atoms with E-state index in [9.17, 15) is 14.7 Å². The molecule has 21 heavy (non-hydrogen) atoms. The van der Waals surface area contributed by atoms with Crippen molar-refractivity contribution in [2.45, 2.75) is 58.0 Å². The monoisotopic (exact) mass is 292 g/mol. The summed E-state index contributed by atoms with van der Waals surface area (Å²) < 4.78 is 1.82. The SMILES string of the molecule is CCC1CCC(NC(=O)c2cccn2CC)(C(=O)O)CC1. The molecule has 5 nitrogen and oxygen atoms in total. The Labute approximate surface area is 125 Å². The molecule has 0 bridgehead atoms. The fourth-order valence-electron chi connectivity index (χ4n) is 3.15. The van der Waals surface area contributed by atoms with Crippen LogP contribution >= 0.6 is 0 Å². The molecule has 0 saturated heterocycles. The van der Waals surface area contributed by atoms with E-state index < -0.39 is 11.5 Å². The van der Waals surface area contributed by atoms with Crippen molar-refractivity contribution < 1.29 is 14.7 Å². The first kappa shape index (κ1) is 15.6. The minimum absolute atomic E-state index is 0.292. The van der Waals surface area contributed by atoms with Crippen LogP contribution in [0.3, 0.4) is 0 Å². The van der Waals surface area contributed by atoms with E-state index in [1.807, 2.05) is 17.7 Å². The van der Waals surface area contributed by atoms with Crippen LogP contribution in [0.15, 0.2) is 18.3 Å². The molecule has 0 aromatic carbocycles. The number of aryl methyl sites for hydroxylation is 1. The number of aromatic nitrogens is 1. The molecule has 1 saturated carbocycles. The minimum Gasteiger partial charge on any atom is -0.480 e. The van der Waals surface area contributed by atoms with Crippen LogP contribution in [0, 0.1) is 5.92 Å². The van der Waals surface area contributed by atoms with E-state index in [1.165, 1.54) is 0 Å². The molecule has 1 aromatic heterocycles. The fraction of sp³-hybridized carbons (Fsp3) is 0.625. The maximum Gasteiger partial charge on any atom is 0.329 e. The van der Waals surface area contributed by atoms with Gasteiger partial charge in [0, 0.05) is 12.7 Å². The maximum atomic E-state index is 12.4. The van der Waals surface area contributed by atoms with E-state index in [0.29, 0.717) is 31.0 Å². The van der Waals surface area contributed by atoms with Gasteiger partial charge in [0.15, 0.2) is 0 Å². The Hall–Kier alpha value is -1.78. The summed E-state index contributed by atoms with van der Waals surface area (Å²) in [5, 5.41) is 12.4. The normalized spacial score (nSPS) is 25.5. The summed E-state index contributed by atoms with van der Waals surface area (Å²) in [7, 11) is 0. The molecular weight excluding hydrogens is 268 g/mol. The number of carboxylic acids is 1. The molecule has 1 aliphatic rings. The van der Waals surface area contributed by atoms with Crippen LogP contribution in [0.2, 0.25) is 0 Å². The molecule has 0 unspecified atom stereocenters. The van der Waals surface area contributed by atoms with Crippen molar-refractivity contribution in [3.05, 3.63) is 24.0 Å². The van der Waals surface area contributed by atoms with Gasteiger partial charge in [0.25, 0.3) is 5.91 Å². The van der Waals surface area contributed by atoms with Gasteiger partial charge in [0.1, 0.15) is 11.2 Å². The highest BCUT2D eigenvalue weighted by Gasteiger charge is 2.43. The predicted molar refractivity (Wildman–Crippen MR) is 80.2 cm³/mol. The Bertz CT molecular complexity index is 513. The molecule has 1 fully saturated rings. The number of rotatable bonds is 5. The third kappa shape index (κ3) is 3.12. The van der Waals surface area contributed by atoms with Gasteiger partial charge in [-0.1, -0.05) is 13.3 Å². The highest BCUT2D eigenvalue weighted by Crippen LogP contribution is 2.34. The van der Waals surface area contributed by atoms with Gasteiger partial charge in [-0.05, 0) is 50.7 Å². The van der Waals surface area contributed by atoms with Crippen LogP contribution in [-0.2, 0) is 11.3 Å². The highest BCUT2D eigenvalue weighted by atomic mass is 16.4. The van der Waals surface area contributed by atoms with Crippen molar-refractivity contribution in [1.29, 1.82) is 0 Å². The molecule has 0 atom stereocenters. The van der Waals surface area contributed by atoms with Gasteiger partial charge >= 0.3 is 5.97 Å². The lowest BCUT2D eigenvalue weighted by Crippen LogP contribution is -2.56. The molecule has 1 aromatic rings. The Kier molecular flexibility index (Phi) is 4.70. The number of nitrogens with one attached hydrogen (secondary N) is 1. The van der Waals surface area contributed by atoms with E-state index in [1.54, 1.807) is 12.1 Å². The van der Waals surface area contributed by atoms with Crippen molar-refractivity contribution >= 4 is 11.9 Å². The first-order chi connectivity index (χ1) is 10.0. The molecule has 0 spiro atoms. The van der Waals surface area contributed by atoms with Crippen LogP contribution in [0.1, 0.15) is 56.4 Å². The lowest BCUT2D eigenvalue weighted by Gasteiger charge is -2.37. The second kappa shape index (κ2) is 6.33. The highest BCUT2D eigenvalue weighted by molar-refractivity contribution is 5.96. The van der Waals surface area contributed by atoms with Gasteiger partial charge in [-0.2, -0.15) is 0 Å². The quantitative estimate of drug-likeness (QED) is 0.876. The molecule has 0 radical (unpaired) electrons. The van der Waals surface area contributed by atoms with E-state index in [2.05, 4.69) is 12.2 Å². The largest absolute Gasteiger partial charge is 0.480 e. The van der Waals surface area contributed by atoms with Gasteiger partial charge in [0.2, 0.25) is 0 Å². The Morgan fingerprint density at radius 1 is 1.38 bits per heavy atom. The van der Waals surface area contributed by atoms with E-state index >= 15 is 0 Å². The molecule has 1 amide bonds. The summed E-state index contributed by atoms with van der Waals surface area (Å²) >= 11 is 0. The Morgan fingerprint density at radius 3 is 2.57 bits per heavy atom. The van der Waals surface area contributed by atoms with Gasteiger partial charge < -0.3 is 15.0 Å². The number of amides is 1. The summed E-state index contributed by atoms with van der Waals surface area (Å²) in [4.78, 5) is 24.1. The van der Waals surface area contributed by atoms with E-state index in [4.69, 9.17) is 0 Å². The van der Waals surface area contributed by atoms with Crippen LogP contribution in [-0.4, -0.2) is 27.1 Å². The van der Waals surface area contributed by atoms with E-state index in [-0.39, 0.29) is 5.91 Å². The van der Waals surface area contributed by atoms with Crippen LogP contribution in [0.25, 0.3) is 0 Å². The molecule has 2 rings (SSSR count). The first-order valence-electron chi connectivity index (χ1n) is 7.73. The van der Waals surface area contributed by atoms with Crippen molar-refractivity contribution in [2.24, 2.45) is 5.92 Å². The molecule has 1 heterocycles. The average Bonchev–Trinajstić information content (AvgIpc) is 2.96. The number of carbonyl (C=O) groups is 2. The second-order valence-corrected chi connectivity index (χ2v) is 5.87. The van der Waals surface area contributed by atoms with Crippen molar-refractivity contribution in [2.75, 3.05) is 0 Å². The standard InChI is InChI=1S/C16H24N2O3/c1-3-12-7-9-16(10-8-12,15(20)21)17-14(19)13-6-5-11-18(13)4-2/h5-6,11-12H,3-4,7-10H2,1-2H3,(H,17,19)(H,20,21). The van der Waals surface area contributed by atoms with Gasteiger partial charge in [-0.25, -0.2) is 4.79 Å². The van der Waals surface area contributed by atoms with Crippen LogP contribution in [0.5, 0.6) is 0 Å². The number of nitrogens with zero attached hydrogens (tertiary/aromatic N) is 1. The predicted octanol–water partition coefficient (Wildman–Crippen LogP) is 2.66. The number of aliphatic carboxylic acids is 1. The molecule has 0 aliphatic heterocycles. The zero-order valence-electron chi connectivity index (χ0n) is 12.8. The Morgan fingerprint density at radius 2 is 2.05 bits per heavy atom. The minimum atomic E-state index is -1.11. The lowest BCUT2D eigenvalue weighted by atomic mass is 9.75. The molecule has 116 valence electrons. The zero-order chi connectivity index (χ0) is 15.5. The molecular formula is C16H24N2O3.